The maximum absolute atomic E-state index is 11.3. The van der Waals surface area contributed by atoms with Crippen molar-refractivity contribution in [1.29, 1.82) is 0 Å². The predicted octanol–water partition coefficient (Wildman–Crippen LogP) is 0.769. The SMILES string of the molecule is CC(C)SCC(=O)NC1(CO)CC1. The highest BCUT2D eigenvalue weighted by Gasteiger charge is 2.43. The fourth-order valence-electron chi connectivity index (χ4n) is 1.05. The van der Waals surface area contributed by atoms with Crippen molar-refractivity contribution < 1.29 is 9.90 Å². The van der Waals surface area contributed by atoms with E-state index in [1.807, 2.05) is 0 Å². The van der Waals surface area contributed by atoms with Gasteiger partial charge in [-0.1, -0.05) is 13.8 Å². The number of rotatable bonds is 5. The van der Waals surface area contributed by atoms with E-state index >= 15 is 0 Å². The van der Waals surface area contributed by atoms with Crippen LogP contribution in [0.3, 0.4) is 0 Å². The third-order valence-electron chi connectivity index (χ3n) is 2.11. The average molecular weight is 203 g/mol. The summed E-state index contributed by atoms with van der Waals surface area (Å²) in [5.41, 5.74) is -0.255. The van der Waals surface area contributed by atoms with Gasteiger partial charge in [0.1, 0.15) is 0 Å². The lowest BCUT2D eigenvalue weighted by atomic mass is 10.3. The third-order valence-corrected chi connectivity index (χ3v) is 3.20. The van der Waals surface area contributed by atoms with Crippen LogP contribution in [0.1, 0.15) is 26.7 Å². The van der Waals surface area contributed by atoms with Gasteiger partial charge in [0, 0.05) is 0 Å². The molecule has 0 bridgehead atoms. The van der Waals surface area contributed by atoms with E-state index in [2.05, 4.69) is 19.2 Å². The molecule has 0 atom stereocenters. The normalized spacial score (nSPS) is 18.8. The Labute approximate surface area is 83.3 Å². The molecule has 0 aliphatic heterocycles. The van der Waals surface area contributed by atoms with Crippen molar-refractivity contribution in [1.82, 2.24) is 5.32 Å². The van der Waals surface area contributed by atoms with Crippen LogP contribution in [0.15, 0.2) is 0 Å². The summed E-state index contributed by atoms with van der Waals surface area (Å²) >= 11 is 1.62. The minimum absolute atomic E-state index is 0.0465. The fourth-order valence-corrected chi connectivity index (χ4v) is 1.60. The summed E-state index contributed by atoms with van der Waals surface area (Å²) < 4.78 is 0. The summed E-state index contributed by atoms with van der Waals surface area (Å²) in [7, 11) is 0. The molecular weight excluding hydrogens is 186 g/mol. The van der Waals surface area contributed by atoms with Crippen molar-refractivity contribution >= 4 is 17.7 Å². The zero-order chi connectivity index (χ0) is 9.90. The molecule has 0 heterocycles. The minimum Gasteiger partial charge on any atom is -0.394 e. The molecule has 1 aliphatic rings. The monoisotopic (exact) mass is 203 g/mol. The Morgan fingerprint density at radius 2 is 2.23 bits per heavy atom. The first kappa shape index (κ1) is 10.9. The van der Waals surface area contributed by atoms with Gasteiger partial charge in [-0.15, -0.1) is 11.8 Å². The zero-order valence-corrected chi connectivity index (χ0v) is 8.99. The van der Waals surface area contributed by atoms with Crippen LogP contribution in [0.5, 0.6) is 0 Å². The Bertz CT molecular complexity index is 190. The molecule has 1 aliphatic carbocycles. The molecule has 0 aromatic heterocycles. The second-order valence-corrected chi connectivity index (χ2v) is 5.41. The van der Waals surface area contributed by atoms with Crippen LogP contribution in [-0.4, -0.2) is 34.2 Å². The lowest BCUT2D eigenvalue weighted by Crippen LogP contribution is -2.40. The Kier molecular flexibility index (Phi) is 3.62. The summed E-state index contributed by atoms with van der Waals surface area (Å²) in [5, 5.41) is 12.3. The summed E-state index contributed by atoms with van der Waals surface area (Å²) in [6, 6.07) is 0. The first-order valence-corrected chi connectivity index (χ1v) is 5.66. The summed E-state index contributed by atoms with van der Waals surface area (Å²) in [4.78, 5) is 11.3. The van der Waals surface area contributed by atoms with Crippen LogP contribution in [0.4, 0.5) is 0 Å². The molecular formula is C9H17NO2S. The summed E-state index contributed by atoms with van der Waals surface area (Å²) in [6.45, 7) is 4.21. The summed E-state index contributed by atoms with van der Waals surface area (Å²) in [6.07, 6.45) is 1.84. The molecule has 0 aromatic rings. The molecule has 2 N–H and O–H groups in total. The maximum Gasteiger partial charge on any atom is 0.230 e. The van der Waals surface area contributed by atoms with Crippen molar-refractivity contribution in [2.24, 2.45) is 0 Å². The van der Waals surface area contributed by atoms with Gasteiger partial charge in [0.2, 0.25) is 5.91 Å². The van der Waals surface area contributed by atoms with E-state index in [0.29, 0.717) is 11.0 Å². The Morgan fingerprint density at radius 1 is 1.62 bits per heavy atom. The van der Waals surface area contributed by atoms with E-state index in [0.717, 1.165) is 12.8 Å². The van der Waals surface area contributed by atoms with Crippen molar-refractivity contribution in [2.45, 2.75) is 37.5 Å². The Hall–Kier alpha value is -0.220. The van der Waals surface area contributed by atoms with Gasteiger partial charge in [0.15, 0.2) is 0 Å². The maximum atomic E-state index is 11.3. The molecule has 13 heavy (non-hydrogen) atoms. The van der Waals surface area contributed by atoms with Crippen LogP contribution in [-0.2, 0) is 4.79 Å². The number of hydrogen-bond acceptors (Lipinski definition) is 3. The minimum atomic E-state index is -0.255. The van der Waals surface area contributed by atoms with Crippen LogP contribution < -0.4 is 5.32 Å². The quantitative estimate of drug-likeness (QED) is 0.694. The van der Waals surface area contributed by atoms with Gasteiger partial charge in [-0.3, -0.25) is 4.79 Å². The van der Waals surface area contributed by atoms with E-state index in [9.17, 15) is 4.79 Å². The molecule has 1 amide bonds. The van der Waals surface area contributed by atoms with Crippen molar-refractivity contribution in [3.63, 3.8) is 0 Å². The molecule has 4 heteroatoms. The van der Waals surface area contributed by atoms with E-state index < -0.39 is 0 Å². The number of aliphatic hydroxyl groups is 1. The molecule has 0 saturated heterocycles. The van der Waals surface area contributed by atoms with Crippen LogP contribution >= 0.6 is 11.8 Å². The Balaban J connectivity index is 2.18. The lowest BCUT2D eigenvalue weighted by Gasteiger charge is -2.14. The van der Waals surface area contributed by atoms with E-state index in [-0.39, 0.29) is 18.1 Å². The fraction of sp³-hybridized carbons (Fsp3) is 0.889. The largest absolute Gasteiger partial charge is 0.394 e. The molecule has 3 nitrogen and oxygen atoms in total. The second-order valence-electron chi connectivity index (χ2n) is 3.85. The molecule has 0 spiro atoms. The number of hydrogen-bond donors (Lipinski definition) is 2. The summed E-state index contributed by atoms with van der Waals surface area (Å²) in [5.74, 6) is 0.546. The van der Waals surface area contributed by atoms with Gasteiger partial charge in [-0.25, -0.2) is 0 Å². The molecule has 1 rings (SSSR count). The van der Waals surface area contributed by atoms with Gasteiger partial charge in [0.05, 0.1) is 17.9 Å². The van der Waals surface area contributed by atoms with Gasteiger partial charge >= 0.3 is 0 Å². The molecule has 0 radical (unpaired) electrons. The average Bonchev–Trinajstić information content (AvgIpc) is 2.82. The number of nitrogens with one attached hydrogen (secondary N) is 1. The van der Waals surface area contributed by atoms with Gasteiger partial charge < -0.3 is 10.4 Å². The molecule has 76 valence electrons. The Morgan fingerprint density at radius 3 is 2.62 bits per heavy atom. The smallest absolute Gasteiger partial charge is 0.230 e. The molecule has 0 aromatic carbocycles. The standard InChI is InChI=1S/C9H17NO2S/c1-7(2)13-5-8(12)10-9(6-11)3-4-9/h7,11H,3-6H2,1-2H3,(H,10,12). The number of amides is 1. The van der Waals surface area contributed by atoms with Gasteiger partial charge in [0.25, 0.3) is 0 Å². The second kappa shape index (κ2) is 4.33. The van der Waals surface area contributed by atoms with E-state index in [1.165, 1.54) is 0 Å². The predicted molar refractivity (Wildman–Crippen MR) is 54.8 cm³/mol. The highest BCUT2D eigenvalue weighted by molar-refractivity contribution is 8.00. The third kappa shape index (κ3) is 3.56. The van der Waals surface area contributed by atoms with E-state index in [1.54, 1.807) is 11.8 Å². The van der Waals surface area contributed by atoms with Crippen LogP contribution in [0.25, 0.3) is 0 Å². The van der Waals surface area contributed by atoms with Crippen LogP contribution in [0, 0.1) is 0 Å². The van der Waals surface area contributed by atoms with E-state index in [4.69, 9.17) is 5.11 Å². The molecule has 1 fully saturated rings. The molecule has 1 saturated carbocycles. The highest BCUT2D eigenvalue weighted by atomic mass is 32.2. The van der Waals surface area contributed by atoms with Gasteiger partial charge in [-0.2, -0.15) is 0 Å². The van der Waals surface area contributed by atoms with Crippen LogP contribution in [0.2, 0.25) is 0 Å². The van der Waals surface area contributed by atoms with Gasteiger partial charge in [-0.05, 0) is 18.1 Å². The van der Waals surface area contributed by atoms with Crippen molar-refractivity contribution in [3.8, 4) is 0 Å². The zero-order valence-electron chi connectivity index (χ0n) is 8.17. The number of aliphatic hydroxyl groups excluding tert-OH is 1. The van der Waals surface area contributed by atoms with Crippen molar-refractivity contribution in [2.75, 3.05) is 12.4 Å². The number of thioether (sulfide) groups is 1. The number of carbonyl (C=O) groups is 1. The lowest BCUT2D eigenvalue weighted by molar-refractivity contribution is -0.119. The first-order valence-electron chi connectivity index (χ1n) is 4.61. The highest BCUT2D eigenvalue weighted by Crippen LogP contribution is 2.34. The van der Waals surface area contributed by atoms with Crippen molar-refractivity contribution in [3.05, 3.63) is 0 Å². The first-order chi connectivity index (χ1) is 6.08. The topological polar surface area (TPSA) is 49.3 Å². The molecule has 0 unspecified atom stereocenters. The number of carbonyl (C=O) groups excluding carboxylic acids is 1.